The number of halogens is 1. The monoisotopic (exact) mass is 304 g/mol. The van der Waals surface area contributed by atoms with Crippen LogP contribution in [-0.4, -0.2) is 50.2 Å². The Morgan fingerprint density at radius 2 is 1.95 bits per heavy atom. The van der Waals surface area contributed by atoms with Gasteiger partial charge in [-0.2, -0.15) is 0 Å². The van der Waals surface area contributed by atoms with E-state index in [0.29, 0.717) is 25.0 Å². The largest absolute Gasteiger partial charge is 0.381 e. The number of likely N-dealkylation sites (tertiary alicyclic amines) is 1. The van der Waals surface area contributed by atoms with Crippen molar-refractivity contribution < 1.29 is 9.53 Å². The van der Waals surface area contributed by atoms with Crippen molar-refractivity contribution in [3.8, 4) is 0 Å². The molecule has 118 valence electrons. The zero-order valence-corrected chi connectivity index (χ0v) is 13.5. The Hall–Kier alpha value is -0.320. The molecule has 4 nitrogen and oxygen atoms in total. The SMILES string of the molecule is CCOCCC(=O)N1CCCC2(CCNCC2)CC1.Cl. The maximum absolute atomic E-state index is 12.1. The van der Waals surface area contributed by atoms with E-state index in [1.54, 1.807) is 0 Å². The van der Waals surface area contributed by atoms with Crippen molar-refractivity contribution in [2.24, 2.45) is 5.41 Å². The fourth-order valence-electron chi connectivity index (χ4n) is 3.42. The van der Waals surface area contributed by atoms with E-state index < -0.39 is 0 Å². The standard InChI is InChI=1S/C15H28N2O2.ClH/c1-2-19-13-4-14(18)17-11-3-5-15(8-12-17)6-9-16-10-7-15;/h16H,2-13H2,1H3;1H. The highest BCUT2D eigenvalue weighted by Crippen LogP contribution is 2.39. The third kappa shape index (κ3) is 4.90. The Kier molecular flexibility index (Phi) is 7.85. The van der Waals surface area contributed by atoms with Crippen molar-refractivity contribution >= 4 is 18.3 Å². The zero-order chi connectivity index (χ0) is 13.6. The van der Waals surface area contributed by atoms with Crippen LogP contribution in [0.15, 0.2) is 0 Å². The quantitative estimate of drug-likeness (QED) is 0.810. The second-order valence-electron chi connectivity index (χ2n) is 5.93. The molecule has 2 aliphatic heterocycles. The zero-order valence-electron chi connectivity index (χ0n) is 12.7. The molecule has 20 heavy (non-hydrogen) atoms. The highest BCUT2D eigenvalue weighted by atomic mass is 35.5. The summed E-state index contributed by atoms with van der Waals surface area (Å²) in [5.41, 5.74) is 0.514. The maximum Gasteiger partial charge on any atom is 0.224 e. The molecule has 0 radical (unpaired) electrons. The van der Waals surface area contributed by atoms with Gasteiger partial charge < -0.3 is 15.0 Å². The van der Waals surface area contributed by atoms with Crippen molar-refractivity contribution in [2.75, 3.05) is 39.4 Å². The molecule has 0 unspecified atom stereocenters. The summed E-state index contributed by atoms with van der Waals surface area (Å²) in [7, 11) is 0. The summed E-state index contributed by atoms with van der Waals surface area (Å²) in [6.45, 7) is 7.43. The number of carbonyl (C=O) groups excluding carboxylic acids is 1. The van der Waals surface area contributed by atoms with Crippen molar-refractivity contribution in [1.29, 1.82) is 0 Å². The van der Waals surface area contributed by atoms with Gasteiger partial charge in [-0.05, 0) is 57.5 Å². The smallest absolute Gasteiger partial charge is 0.224 e. The number of hydrogen-bond donors (Lipinski definition) is 1. The van der Waals surface area contributed by atoms with Crippen LogP contribution >= 0.6 is 12.4 Å². The minimum Gasteiger partial charge on any atom is -0.381 e. The summed E-state index contributed by atoms with van der Waals surface area (Å²) in [4.78, 5) is 14.2. The molecule has 1 amide bonds. The molecule has 0 saturated carbocycles. The Labute approximate surface area is 129 Å². The average Bonchev–Trinajstić information content (AvgIpc) is 2.63. The Bertz CT molecular complexity index is 294. The lowest BCUT2D eigenvalue weighted by molar-refractivity contribution is -0.132. The Morgan fingerprint density at radius 3 is 2.65 bits per heavy atom. The fraction of sp³-hybridized carbons (Fsp3) is 0.933. The number of piperidine rings is 1. The van der Waals surface area contributed by atoms with Crippen LogP contribution < -0.4 is 5.32 Å². The number of carbonyl (C=O) groups is 1. The molecular formula is C15H29ClN2O2. The summed E-state index contributed by atoms with van der Waals surface area (Å²) in [5.74, 6) is 0.277. The van der Waals surface area contributed by atoms with E-state index in [0.717, 1.165) is 26.2 Å². The topological polar surface area (TPSA) is 41.6 Å². The third-order valence-corrected chi connectivity index (χ3v) is 4.73. The van der Waals surface area contributed by atoms with Crippen LogP contribution in [-0.2, 0) is 9.53 Å². The number of ether oxygens (including phenoxy) is 1. The molecular weight excluding hydrogens is 276 g/mol. The summed E-state index contributed by atoms with van der Waals surface area (Å²) >= 11 is 0. The molecule has 0 atom stereocenters. The molecule has 2 heterocycles. The minimum atomic E-state index is 0. The molecule has 1 spiro atoms. The Morgan fingerprint density at radius 1 is 1.20 bits per heavy atom. The van der Waals surface area contributed by atoms with Gasteiger partial charge in [0.05, 0.1) is 13.0 Å². The van der Waals surface area contributed by atoms with Gasteiger partial charge >= 0.3 is 0 Å². The predicted octanol–water partition coefficient (Wildman–Crippen LogP) is 2.22. The molecule has 5 heteroatoms. The molecule has 1 N–H and O–H groups in total. The van der Waals surface area contributed by atoms with Gasteiger partial charge in [0, 0.05) is 19.7 Å². The summed E-state index contributed by atoms with van der Waals surface area (Å²) in [6, 6.07) is 0. The van der Waals surface area contributed by atoms with Gasteiger partial charge in [-0.3, -0.25) is 4.79 Å². The molecule has 0 aromatic heterocycles. The fourth-order valence-corrected chi connectivity index (χ4v) is 3.42. The van der Waals surface area contributed by atoms with Gasteiger partial charge in [0.1, 0.15) is 0 Å². The lowest BCUT2D eigenvalue weighted by Gasteiger charge is -2.37. The van der Waals surface area contributed by atoms with Crippen molar-refractivity contribution in [3.05, 3.63) is 0 Å². The molecule has 2 saturated heterocycles. The van der Waals surface area contributed by atoms with Crippen LogP contribution in [0.3, 0.4) is 0 Å². The highest BCUT2D eigenvalue weighted by molar-refractivity contribution is 5.85. The molecule has 0 aromatic carbocycles. The second-order valence-corrected chi connectivity index (χ2v) is 5.93. The van der Waals surface area contributed by atoms with Gasteiger partial charge in [-0.1, -0.05) is 0 Å². The predicted molar refractivity (Wildman–Crippen MR) is 83.3 cm³/mol. The number of rotatable bonds is 4. The number of hydrogen-bond acceptors (Lipinski definition) is 3. The number of nitrogens with zero attached hydrogens (tertiary/aromatic N) is 1. The van der Waals surface area contributed by atoms with Crippen molar-refractivity contribution in [2.45, 2.75) is 45.4 Å². The molecule has 2 fully saturated rings. The molecule has 0 aromatic rings. The van der Waals surface area contributed by atoms with E-state index in [1.165, 1.54) is 32.1 Å². The van der Waals surface area contributed by atoms with Crippen LogP contribution in [0.25, 0.3) is 0 Å². The normalized spacial score (nSPS) is 22.1. The van der Waals surface area contributed by atoms with E-state index in [4.69, 9.17) is 4.74 Å². The van der Waals surface area contributed by atoms with Gasteiger partial charge in [0.15, 0.2) is 0 Å². The third-order valence-electron chi connectivity index (χ3n) is 4.73. The second kappa shape index (κ2) is 8.85. The number of amides is 1. The highest BCUT2D eigenvalue weighted by Gasteiger charge is 2.34. The van der Waals surface area contributed by atoms with Gasteiger partial charge in [-0.25, -0.2) is 0 Å². The van der Waals surface area contributed by atoms with Crippen LogP contribution in [0.4, 0.5) is 0 Å². The van der Waals surface area contributed by atoms with Crippen LogP contribution in [0.5, 0.6) is 0 Å². The van der Waals surface area contributed by atoms with E-state index in [2.05, 4.69) is 10.2 Å². The van der Waals surface area contributed by atoms with Crippen molar-refractivity contribution in [1.82, 2.24) is 10.2 Å². The molecule has 0 aliphatic carbocycles. The molecule has 2 aliphatic rings. The van der Waals surface area contributed by atoms with Crippen LogP contribution in [0.1, 0.15) is 45.4 Å². The lowest BCUT2D eigenvalue weighted by Crippen LogP contribution is -2.38. The average molecular weight is 305 g/mol. The minimum absolute atomic E-state index is 0. The summed E-state index contributed by atoms with van der Waals surface area (Å²) < 4.78 is 5.28. The van der Waals surface area contributed by atoms with Gasteiger partial charge in [0.25, 0.3) is 0 Å². The van der Waals surface area contributed by atoms with E-state index in [9.17, 15) is 4.79 Å². The first kappa shape index (κ1) is 17.7. The molecule has 2 rings (SSSR count). The lowest BCUT2D eigenvalue weighted by atomic mass is 9.73. The van der Waals surface area contributed by atoms with E-state index >= 15 is 0 Å². The van der Waals surface area contributed by atoms with Crippen molar-refractivity contribution in [3.63, 3.8) is 0 Å². The molecule has 0 bridgehead atoms. The van der Waals surface area contributed by atoms with Gasteiger partial charge in [0.2, 0.25) is 5.91 Å². The first-order valence-corrected chi connectivity index (χ1v) is 7.82. The number of nitrogens with one attached hydrogen (secondary N) is 1. The Balaban J connectivity index is 0.00000200. The van der Waals surface area contributed by atoms with E-state index in [-0.39, 0.29) is 18.3 Å². The van der Waals surface area contributed by atoms with Crippen LogP contribution in [0.2, 0.25) is 0 Å². The van der Waals surface area contributed by atoms with E-state index in [1.807, 2.05) is 6.92 Å². The summed E-state index contributed by atoms with van der Waals surface area (Å²) in [6.07, 6.45) is 6.77. The first-order chi connectivity index (χ1) is 9.26. The van der Waals surface area contributed by atoms with Crippen LogP contribution in [0, 0.1) is 5.41 Å². The first-order valence-electron chi connectivity index (χ1n) is 7.82. The summed E-state index contributed by atoms with van der Waals surface area (Å²) in [5, 5.41) is 3.45. The van der Waals surface area contributed by atoms with Gasteiger partial charge in [-0.15, -0.1) is 12.4 Å². The maximum atomic E-state index is 12.1.